The Kier molecular flexibility index (Phi) is 4.27. The fourth-order valence-corrected chi connectivity index (χ4v) is 4.09. The predicted octanol–water partition coefficient (Wildman–Crippen LogP) is 1.69. The van der Waals surface area contributed by atoms with Crippen molar-refractivity contribution in [1.29, 1.82) is 0 Å². The zero-order valence-electron chi connectivity index (χ0n) is 15.4. The van der Waals surface area contributed by atoms with E-state index >= 15 is 0 Å². The van der Waals surface area contributed by atoms with Gasteiger partial charge in [0, 0.05) is 24.9 Å². The van der Waals surface area contributed by atoms with Gasteiger partial charge in [-0.25, -0.2) is 14.8 Å². The van der Waals surface area contributed by atoms with Crippen LogP contribution in [-0.4, -0.2) is 35.4 Å². The van der Waals surface area contributed by atoms with Crippen LogP contribution in [0.4, 0.5) is 4.39 Å². The molecular weight excluding hydrogens is 361 g/mol. The molecule has 3 N–H and O–H groups in total. The maximum atomic E-state index is 13.9. The van der Waals surface area contributed by atoms with Crippen molar-refractivity contribution in [1.82, 2.24) is 21.1 Å². The molecule has 0 aromatic heterocycles. The van der Waals surface area contributed by atoms with Gasteiger partial charge in [0.05, 0.1) is 11.6 Å². The number of hydrazine groups is 1. The SMILES string of the molecule is O=C1N[C@@H]2CCCC[C@@H]2Oc2ccc(F)cc2CNC2=NC3=C1CNN3C=C2. The van der Waals surface area contributed by atoms with Gasteiger partial charge in [-0.05, 0) is 43.5 Å². The predicted molar refractivity (Wildman–Crippen MR) is 101 cm³/mol. The van der Waals surface area contributed by atoms with Crippen LogP contribution in [0.2, 0.25) is 0 Å². The van der Waals surface area contributed by atoms with Gasteiger partial charge in [-0.15, -0.1) is 0 Å². The van der Waals surface area contributed by atoms with E-state index < -0.39 is 0 Å². The molecular formula is C20H22FN5O2. The Balaban J connectivity index is 1.55. The largest absolute Gasteiger partial charge is 0.488 e. The number of rotatable bonds is 0. The Hall–Kier alpha value is -2.87. The summed E-state index contributed by atoms with van der Waals surface area (Å²) >= 11 is 0. The second-order valence-corrected chi connectivity index (χ2v) is 7.45. The van der Waals surface area contributed by atoms with Crippen LogP contribution >= 0.6 is 0 Å². The van der Waals surface area contributed by atoms with Gasteiger partial charge in [-0.3, -0.25) is 9.80 Å². The van der Waals surface area contributed by atoms with E-state index in [-0.39, 0.29) is 23.9 Å². The van der Waals surface area contributed by atoms with Crippen LogP contribution in [0.25, 0.3) is 0 Å². The lowest BCUT2D eigenvalue weighted by Crippen LogP contribution is -2.48. The average Bonchev–Trinajstić information content (AvgIpc) is 3.12. The van der Waals surface area contributed by atoms with Crippen LogP contribution in [0.1, 0.15) is 31.2 Å². The number of benzene rings is 1. The standard InChI is InChI=1S/C20H22FN5O2/c21-13-5-6-16-12(9-13)10-22-18-7-8-26-19(25-18)14(11-23-26)20(27)24-15-3-1-2-4-17(15)28-16/h5-9,15,17,23H,1-4,10-11H2,(H,22,25)(H,24,27)/t15-,17+/m1/s1. The Morgan fingerprint density at radius 2 is 2.11 bits per heavy atom. The summed E-state index contributed by atoms with van der Waals surface area (Å²) < 4.78 is 20.1. The van der Waals surface area contributed by atoms with Gasteiger partial charge < -0.3 is 15.4 Å². The molecule has 0 radical (unpaired) electrons. The third kappa shape index (κ3) is 3.13. The van der Waals surface area contributed by atoms with E-state index in [4.69, 9.17) is 4.74 Å². The molecule has 5 rings (SSSR count). The van der Waals surface area contributed by atoms with Gasteiger partial charge in [-0.1, -0.05) is 6.42 Å². The lowest BCUT2D eigenvalue weighted by Gasteiger charge is -2.33. The first-order valence-corrected chi connectivity index (χ1v) is 9.70. The molecule has 1 amide bonds. The molecule has 1 aliphatic carbocycles. The minimum Gasteiger partial charge on any atom is -0.488 e. The monoisotopic (exact) mass is 383 g/mol. The molecule has 4 aliphatic rings. The number of carbonyl (C=O) groups is 1. The number of amides is 1. The smallest absolute Gasteiger partial charge is 0.252 e. The second-order valence-electron chi connectivity index (χ2n) is 7.45. The minimum atomic E-state index is -0.306. The summed E-state index contributed by atoms with van der Waals surface area (Å²) in [6, 6.07) is 4.48. The zero-order chi connectivity index (χ0) is 19.1. The van der Waals surface area contributed by atoms with Crippen LogP contribution in [0.15, 0.2) is 46.9 Å². The summed E-state index contributed by atoms with van der Waals surface area (Å²) in [7, 11) is 0. The number of hydrogen-bond acceptors (Lipinski definition) is 6. The van der Waals surface area contributed by atoms with Crippen LogP contribution in [0.5, 0.6) is 5.75 Å². The molecule has 3 heterocycles. The number of halogens is 1. The molecule has 7 nitrogen and oxygen atoms in total. The molecule has 1 aromatic rings. The van der Waals surface area contributed by atoms with Crippen molar-refractivity contribution in [2.75, 3.05) is 6.54 Å². The van der Waals surface area contributed by atoms with E-state index in [0.29, 0.717) is 36.1 Å². The lowest BCUT2D eigenvalue weighted by atomic mass is 9.92. The fraction of sp³-hybridized carbons (Fsp3) is 0.400. The van der Waals surface area contributed by atoms with Crippen molar-refractivity contribution in [3.05, 3.63) is 53.2 Å². The molecule has 146 valence electrons. The van der Waals surface area contributed by atoms with Crippen molar-refractivity contribution in [2.45, 2.75) is 44.4 Å². The normalized spacial score (nSPS) is 26.5. The Bertz CT molecular complexity index is 910. The quantitative estimate of drug-likeness (QED) is 0.636. The van der Waals surface area contributed by atoms with Gasteiger partial charge >= 0.3 is 0 Å². The van der Waals surface area contributed by atoms with Gasteiger partial charge in [0.15, 0.2) is 5.82 Å². The Morgan fingerprint density at radius 1 is 1.21 bits per heavy atom. The first-order valence-electron chi connectivity index (χ1n) is 9.70. The molecule has 8 heteroatoms. The summed E-state index contributed by atoms with van der Waals surface area (Å²) in [5.41, 5.74) is 4.48. The topological polar surface area (TPSA) is 78.0 Å². The number of ether oxygens (including phenoxy) is 1. The highest BCUT2D eigenvalue weighted by Gasteiger charge is 2.33. The number of carbonyl (C=O) groups excluding carboxylic acids is 1. The third-order valence-electron chi connectivity index (χ3n) is 5.59. The highest BCUT2D eigenvalue weighted by atomic mass is 19.1. The van der Waals surface area contributed by atoms with Crippen LogP contribution < -0.4 is 20.8 Å². The Morgan fingerprint density at radius 3 is 3.04 bits per heavy atom. The van der Waals surface area contributed by atoms with Gasteiger partial charge in [0.2, 0.25) is 0 Å². The van der Waals surface area contributed by atoms with E-state index in [9.17, 15) is 9.18 Å². The van der Waals surface area contributed by atoms with Crippen molar-refractivity contribution in [3.8, 4) is 5.75 Å². The molecule has 28 heavy (non-hydrogen) atoms. The summed E-state index contributed by atoms with van der Waals surface area (Å²) in [5.74, 6) is 1.42. The van der Waals surface area contributed by atoms with E-state index in [1.807, 2.05) is 12.3 Å². The van der Waals surface area contributed by atoms with E-state index in [2.05, 4.69) is 21.1 Å². The maximum Gasteiger partial charge on any atom is 0.252 e. The number of nitrogens with zero attached hydrogens (tertiary/aromatic N) is 2. The van der Waals surface area contributed by atoms with Crippen molar-refractivity contribution < 1.29 is 13.9 Å². The average molecular weight is 383 g/mol. The van der Waals surface area contributed by atoms with E-state index in [1.165, 1.54) is 12.1 Å². The summed E-state index contributed by atoms with van der Waals surface area (Å²) in [4.78, 5) is 17.6. The number of aliphatic imine (C=N–C) groups is 1. The summed E-state index contributed by atoms with van der Waals surface area (Å²) in [5, 5.41) is 8.13. The molecule has 1 saturated carbocycles. The molecule has 3 aliphatic heterocycles. The summed E-state index contributed by atoms with van der Waals surface area (Å²) in [6.07, 6.45) is 7.32. The first kappa shape index (κ1) is 17.2. The van der Waals surface area contributed by atoms with Gasteiger partial charge in [0.25, 0.3) is 5.91 Å². The van der Waals surface area contributed by atoms with Crippen LogP contribution in [0.3, 0.4) is 0 Å². The molecule has 0 unspecified atom stereocenters. The van der Waals surface area contributed by atoms with Crippen molar-refractivity contribution in [3.63, 3.8) is 0 Å². The molecule has 0 saturated heterocycles. The van der Waals surface area contributed by atoms with Crippen LogP contribution in [-0.2, 0) is 11.3 Å². The van der Waals surface area contributed by atoms with Crippen molar-refractivity contribution >= 4 is 11.7 Å². The van der Waals surface area contributed by atoms with Crippen molar-refractivity contribution in [2.24, 2.45) is 4.99 Å². The third-order valence-corrected chi connectivity index (χ3v) is 5.59. The van der Waals surface area contributed by atoms with Gasteiger partial charge in [-0.2, -0.15) is 0 Å². The Labute approximate surface area is 162 Å². The number of fused-ring (bicyclic) bond motifs is 2. The number of amidine groups is 1. The molecule has 1 aromatic carbocycles. The summed E-state index contributed by atoms with van der Waals surface area (Å²) in [6.45, 7) is 0.803. The number of hydrogen-bond donors (Lipinski definition) is 3. The number of nitrogens with one attached hydrogen (secondary N) is 3. The highest BCUT2D eigenvalue weighted by molar-refractivity contribution is 5.98. The molecule has 2 atom stereocenters. The first-order chi connectivity index (χ1) is 13.7. The van der Waals surface area contributed by atoms with E-state index in [0.717, 1.165) is 31.2 Å². The lowest BCUT2D eigenvalue weighted by molar-refractivity contribution is -0.119. The van der Waals surface area contributed by atoms with Gasteiger partial charge in [0.1, 0.15) is 23.5 Å². The molecule has 0 spiro atoms. The minimum absolute atomic E-state index is 0.0856. The fourth-order valence-electron chi connectivity index (χ4n) is 4.09. The molecule has 1 fully saturated rings. The molecule has 2 bridgehead atoms. The van der Waals surface area contributed by atoms with E-state index in [1.54, 1.807) is 11.1 Å². The van der Waals surface area contributed by atoms with Crippen LogP contribution in [0, 0.1) is 5.82 Å². The zero-order valence-corrected chi connectivity index (χ0v) is 15.4. The highest BCUT2D eigenvalue weighted by Crippen LogP contribution is 2.29. The second kappa shape index (κ2) is 6.94. The maximum absolute atomic E-state index is 13.9.